The first-order valence-electron chi connectivity index (χ1n) is 8.90. The second-order valence-electron chi connectivity index (χ2n) is 6.39. The van der Waals surface area contributed by atoms with Gasteiger partial charge in [0.2, 0.25) is 5.91 Å². The Morgan fingerprint density at radius 1 is 1.04 bits per heavy atom. The molecule has 0 bridgehead atoms. The van der Waals surface area contributed by atoms with Crippen molar-refractivity contribution in [2.75, 3.05) is 26.2 Å². The Morgan fingerprint density at radius 2 is 1.69 bits per heavy atom. The number of aryl methyl sites for hydroxylation is 2. The van der Waals surface area contributed by atoms with Crippen molar-refractivity contribution in [1.29, 1.82) is 0 Å². The molecule has 0 radical (unpaired) electrons. The van der Waals surface area contributed by atoms with Gasteiger partial charge in [-0.25, -0.2) is 8.42 Å². The molecule has 3 rings (SSSR count). The van der Waals surface area contributed by atoms with E-state index in [1.807, 2.05) is 0 Å². The zero-order valence-corrected chi connectivity index (χ0v) is 16.6. The Kier molecular flexibility index (Phi) is 6.11. The molecule has 5 nitrogen and oxygen atoms in total. The first kappa shape index (κ1) is 19.1. The number of carbonyl (C=O) groups excluding carboxylic acids is 1. The van der Waals surface area contributed by atoms with E-state index in [0.717, 1.165) is 18.4 Å². The Morgan fingerprint density at radius 3 is 2.27 bits per heavy atom. The zero-order chi connectivity index (χ0) is 18.6. The van der Waals surface area contributed by atoms with Crippen LogP contribution in [0.2, 0.25) is 0 Å². The van der Waals surface area contributed by atoms with Gasteiger partial charge in [-0.05, 0) is 35.4 Å². The molecule has 1 amide bonds. The average Bonchev–Trinajstić information content (AvgIpc) is 3.22. The molecule has 0 aliphatic carbocycles. The van der Waals surface area contributed by atoms with Gasteiger partial charge in [-0.2, -0.15) is 4.31 Å². The minimum atomic E-state index is -3.42. The molecule has 0 unspecified atom stereocenters. The van der Waals surface area contributed by atoms with Crippen molar-refractivity contribution >= 4 is 27.3 Å². The zero-order valence-electron chi connectivity index (χ0n) is 14.9. The number of benzene rings is 1. The van der Waals surface area contributed by atoms with Crippen LogP contribution in [0.1, 0.15) is 24.5 Å². The van der Waals surface area contributed by atoms with E-state index in [1.165, 1.54) is 21.2 Å². The third-order valence-electron chi connectivity index (χ3n) is 4.74. The minimum absolute atomic E-state index is 0.0951. The maximum Gasteiger partial charge on any atom is 0.252 e. The van der Waals surface area contributed by atoms with E-state index in [9.17, 15) is 13.2 Å². The molecule has 1 aromatic heterocycles. The van der Waals surface area contributed by atoms with E-state index in [1.54, 1.807) is 22.4 Å². The van der Waals surface area contributed by atoms with Crippen molar-refractivity contribution in [3.63, 3.8) is 0 Å². The van der Waals surface area contributed by atoms with Crippen LogP contribution >= 0.6 is 11.3 Å². The highest BCUT2D eigenvalue weighted by molar-refractivity contribution is 7.91. The van der Waals surface area contributed by atoms with Crippen LogP contribution in [0, 0.1) is 0 Å². The largest absolute Gasteiger partial charge is 0.340 e. The van der Waals surface area contributed by atoms with Crippen molar-refractivity contribution in [3.05, 3.63) is 52.9 Å². The predicted octanol–water partition coefficient (Wildman–Crippen LogP) is 2.78. The van der Waals surface area contributed by atoms with Gasteiger partial charge in [0.15, 0.2) is 0 Å². The molecule has 2 heterocycles. The van der Waals surface area contributed by atoms with Crippen LogP contribution in [0.3, 0.4) is 0 Å². The van der Waals surface area contributed by atoms with Gasteiger partial charge in [0.05, 0.1) is 0 Å². The summed E-state index contributed by atoms with van der Waals surface area (Å²) in [6.07, 6.45) is 2.19. The van der Waals surface area contributed by atoms with Crippen molar-refractivity contribution < 1.29 is 13.2 Å². The number of amides is 1. The number of thiophene rings is 1. The van der Waals surface area contributed by atoms with E-state index >= 15 is 0 Å². The molecule has 1 saturated heterocycles. The fourth-order valence-corrected chi connectivity index (χ4v) is 5.63. The van der Waals surface area contributed by atoms with E-state index in [-0.39, 0.29) is 5.91 Å². The highest BCUT2D eigenvalue weighted by atomic mass is 32.2. The van der Waals surface area contributed by atoms with Crippen LogP contribution in [0.15, 0.2) is 46.0 Å². The molecule has 0 spiro atoms. The number of piperazine rings is 1. The smallest absolute Gasteiger partial charge is 0.252 e. The number of hydrogen-bond acceptors (Lipinski definition) is 4. The molecule has 2 aromatic rings. The van der Waals surface area contributed by atoms with Crippen molar-refractivity contribution in [1.82, 2.24) is 9.21 Å². The molecule has 1 aromatic carbocycles. The van der Waals surface area contributed by atoms with Crippen LogP contribution in [0.25, 0.3) is 0 Å². The summed E-state index contributed by atoms with van der Waals surface area (Å²) in [4.78, 5) is 14.2. The summed E-state index contributed by atoms with van der Waals surface area (Å²) < 4.78 is 26.9. The van der Waals surface area contributed by atoms with Gasteiger partial charge in [0.25, 0.3) is 10.0 Å². The van der Waals surface area contributed by atoms with Gasteiger partial charge in [0.1, 0.15) is 4.21 Å². The number of sulfonamides is 1. The second-order valence-corrected chi connectivity index (χ2v) is 9.50. The molecule has 7 heteroatoms. The van der Waals surface area contributed by atoms with E-state index in [2.05, 4.69) is 31.2 Å². The summed E-state index contributed by atoms with van der Waals surface area (Å²) in [6.45, 7) is 3.75. The topological polar surface area (TPSA) is 57.7 Å². The monoisotopic (exact) mass is 392 g/mol. The van der Waals surface area contributed by atoms with Crippen LogP contribution in [0.4, 0.5) is 0 Å². The maximum atomic E-state index is 12.5. The molecule has 0 N–H and O–H groups in total. The number of hydrogen-bond donors (Lipinski definition) is 0. The van der Waals surface area contributed by atoms with Gasteiger partial charge in [0, 0.05) is 32.6 Å². The molecule has 1 aliphatic heterocycles. The standard InChI is InChI=1S/C19H24N2O3S2/c1-2-16-5-7-17(8-6-16)9-10-18(22)20-11-13-21(14-12-20)26(23,24)19-4-3-15-25-19/h3-8,15H,2,9-14H2,1H3. The Labute approximate surface area is 159 Å². The molecule has 0 atom stereocenters. The number of carbonyl (C=O) groups is 1. The third kappa shape index (κ3) is 4.34. The van der Waals surface area contributed by atoms with Crippen molar-refractivity contribution in [2.24, 2.45) is 0 Å². The lowest BCUT2D eigenvalue weighted by molar-refractivity contribution is -0.132. The van der Waals surface area contributed by atoms with E-state index in [4.69, 9.17) is 0 Å². The lowest BCUT2D eigenvalue weighted by Gasteiger charge is -2.33. The molecule has 1 fully saturated rings. The molecular weight excluding hydrogens is 368 g/mol. The summed E-state index contributed by atoms with van der Waals surface area (Å²) in [5.74, 6) is 0.0951. The van der Waals surface area contributed by atoms with Crippen LogP contribution in [-0.4, -0.2) is 49.7 Å². The van der Waals surface area contributed by atoms with Crippen LogP contribution in [-0.2, 0) is 27.7 Å². The number of rotatable bonds is 6. The lowest BCUT2D eigenvalue weighted by Crippen LogP contribution is -2.50. The first-order chi connectivity index (χ1) is 12.5. The van der Waals surface area contributed by atoms with Gasteiger partial charge in [-0.15, -0.1) is 11.3 Å². The highest BCUT2D eigenvalue weighted by Crippen LogP contribution is 2.22. The maximum absolute atomic E-state index is 12.5. The Hall–Kier alpha value is -1.70. The molecule has 1 aliphatic rings. The lowest BCUT2D eigenvalue weighted by atomic mass is 10.1. The second kappa shape index (κ2) is 8.33. The van der Waals surface area contributed by atoms with Crippen molar-refractivity contribution in [2.45, 2.75) is 30.4 Å². The fourth-order valence-electron chi connectivity index (χ4n) is 3.07. The van der Waals surface area contributed by atoms with Gasteiger partial charge in [-0.1, -0.05) is 37.3 Å². The minimum Gasteiger partial charge on any atom is -0.340 e. The van der Waals surface area contributed by atoms with E-state index in [0.29, 0.717) is 36.8 Å². The van der Waals surface area contributed by atoms with Crippen molar-refractivity contribution in [3.8, 4) is 0 Å². The summed E-state index contributed by atoms with van der Waals surface area (Å²) in [5, 5.41) is 1.76. The van der Waals surface area contributed by atoms with Gasteiger partial charge in [-0.3, -0.25) is 4.79 Å². The van der Waals surface area contributed by atoms with Crippen LogP contribution in [0.5, 0.6) is 0 Å². The third-order valence-corrected chi connectivity index (χ3v) is 8.01. The molecular formula is C19H24N2O3S2. The molecule has 0 saturated carbocycles. The Bertz CT molecular complexity index is 822. The molecule has 140 valence electrons. The highest BCUT2D eigenvalue weighted by Gasteiger charge is 2.30. The number of nitrogens with zero attached hydrogens (tertiary/aromatic N) is 2. The average molecular weight is 393 g/mol. The predicted molar refractivity (Wildman–Crippen MR) is 104 cm³/mol. The SMILES string of the molecule is CCc1ccc(CCC(=O)N2CCN(S(=O)(=O)c3cccs3)CC2)cc1. The van der Waals surface area contributed by atoms with Gasteiger partial charge >= 0.3 is 0 Å². The normalized spacial score (nSPS) is 16.0. The van der Waals surface area contributed by atoms with Gasteiger partial charge < -0.3 is 4.90 Å². The Balaban J connectivity index is 1.50. The van der Waals surface area contributed by atoms with E-state index < -0.39 is 10.0 Å². The summed E-state index contributed by atoms with van der Waals surface area (Å²) in [6, 6.07) is 11.7. The quantitative estimate of drug-likeness (QED) is 0.760. The fraction of sp³-hybridized carbons (Fsp3) is 0.421. The summed E-state index contributed by atoms with van der Waals surface area (Å²) in [5.41, 5.74) is 2.46. The summed E-state index contributed by atoms with van der Waals surface area (Å²) in [7, 11) is -3.42. The van der Waals surface area contributed by atoms with Crippen LogP contribution < -0.4 is 0 Å². The molecule has 26 heavy (non-hydrogen) atoms. The first-order valence-corrected chi connectivity index (χ1v) is 11.2. The summed E-state index contributed by atoms with van der Waals surface area (Å²) >= 11 is 1.23.